The molecule has 0 radical (unpaired) electrons. The van der Waals surface area contributed by atoms with Gasteiger partial charge in [-0.2, -0.15) is 4.58 Å². The second kappa shape index (κ2) is 12.6. The van der Waals surface area contributed by atoms with E-state index in [1.807, 2.05) is 18.2 Å². The number of anilines is 4. The van der Waals surface area contributed by atoms with Gasteiger partial charge in [0.05, 0.1) is 29.1 Å². The minimum absolute atomic E-state index is 0.140. The van der Waals surface area contributed by atoms with Crippen molar-refractivity contribution in [2.75, 3.05) is 15.5 Å². The molecule has 0 amide bonds. The van der Waals surface area contributed by atoms with Crippen LogP contribution in [0.5, 0.6) is 5.75 Å². The van der Waals surface area contributed by atoms with Crippen molar-refractivity contribution in [2.24, 2.45) is 5.92 Å². The summed E-state index contributed by atoms with van der Waals surface area (Å²) in [6, 6.07) is 55.9. The number of benzene rings is 6. The Labute approximate surface area is 304 Å². The normalized spacial score (nSPS) is 19.8. The monoisotopic (exact) mass is 673 g/mol. The molecule has 6 aromatic carbocycles. The molecule has 5 heteroatoms. The highest BCUT2D eigenvalue weighted by Crippen LogP contribution is 2.48. The Balaban J connectivity index is 1.12. The maximum absolute atomic E-state index is 6.58. The van der Waals surface area contributed by atoms with Gasteiger partial charge in [-0.05, 0) is 72.2 Å². The van der Waals surface area contributed by atoms with Crippen LogP contribution in [0.1, 0.15) is 41.1 Å². The molecule has 52 heavy (non-hydrogen) atoms. The molecule has 0 spiro atoms. The summed E-state index contributed by atoms with van der Waals surface area (Å²) in [5.74, 6) is 1.09. The zero-order valence-electron chi connectivity index (χ0n) is 28.6. The van der Waals surface area contributed by atoms with E-state index in [1.54, 1.807) is 0 Å². The first-order chi connectivity index (χ1) is 25.8. The van der Waals surface area contributed by atoms with E-state index in [2.05, 4.69) is 184 Å². The first-order valence-electron chi connectivity index (χ1n) is 18.0. The highest BCUT2D eigenvalue weighted by atomic mass is 16.5. The molecule has 0 fully saturated rings. The van der Waals surface area contributed by atoms with Crippen molar-refractivity contribution in [3.05, 3.63) is 204 Å². The van der Waals surface area contributed by atoms with Gasteiger partial charge in [0.2, 0.25) is 17.1 Å². The number of fused-ring (bicyclic) bond motifs is 2. The predicted octanol–water partition coefficient (Wildman–Crippen LogP) is 11.3. The summed E-state index contributed by atoms with van der Waals surface area (Å²) in [5, 5.41) is 7.54. The summed E-state index contributed by atoms with van der Waals surface area (Å²) in [6.07, 6.45) is 9.68. The standard InChI is InChI=1S/C47H37N4O/c1-4-15-32(16-5-1)34-19-14-20-35(27-34)44-31-43(33-17-6-2-7-18-33)50(44)39-29-36(28-37(30-39)47-49-41-24-11-13-26-45(41)52-47)46-48-40-23-10-12-25-42(40)51(46)38-21-8-3-9-22-38/h1-26,28-31,35,46-49H,27H2/q+1. The molecule has 0 aromatic heterocycles. The molecule has 3 aliphatic heterocycles. The third kappa shape index (κ3) is 5.30. The molecule has 250 valence electrons. The minimum Gasteiger partial charge on any atom is -0.464 e. The average Bonchev–Trinajstić information content (AvgIpc) is 3.81. The van der Waals surface area contributed by atoms with E-state index in [0.29, 0.717) is 0 Å². The molecular weight excluding hydrogens is 637 g/mol. The van der Waals surface area contributed by atoms with Crippen molar-refractivity contribution in [3.63, 3.8) is 0 Å². The molecule has 3 atom stereocenters. The lowest BCUT2D eigenvalue weighted by Crippen LogP contribution is -2.31. The smallest absolute Gasteiger partial charge is 0.225 e. The van der Waals surface area contributed by atoms with Crippen LogP contribution in [-0.4, -0.2) is 10.3 Å². The van der Waals surface area contributed by atoms with Crippen LogP contribution in [-0.2, 0) is 0 Å². The quantitative estimate of drug-likeness (QED) is 0.166. The Kier molecular flexibility index (Phi) is 7.35. The lowest BCUT2D eigenvalue weighted by Gasteiger charge is -2.29. The maximum Gasteiger partial charge on any atom is 0.225 e. The summed E-state index contributed by atoms with van der Waals surface area (Å²) < 4.78 is 9.06. The third-order valence-corrected chi connectivity index (χ3v) is 10.5. The van der Waals surface area contributed by atoms with E-state index in [9.17, 15) is 0 Å². The minimum atomic E-state index is -0.332. The van der Waals surface area contributed by atoms with Gasteiger partial charge >= 0.3 is 0 Å². The van der Waals surface area contributed by atoms with Crippen molar-refractivity contribution >= 4 is 45.4 Å². The van der Waals surface area contributed by atoms with Gasteiger partial charge in [-0.3, -0.25) is 0 Å². The first-order valence-corrected chi connectivity index (χ1v) is 18.0. The Morgan fingerprint density at radius 3 is 2.10 bits per heavy atom. The summed E-state index contributed by atoms with van der Waals surface area (Å²) in [7, 11) is 0. The molecule has 5 nitrogen and oxygen atoms in total. The summed E-state index contributed by atoms with van der Waals surface area (Å²) in [4.78, 5) is 2.41. The molecule has 6 aromatic rings. The highest BCUT2D eigenvalue weighted by Gasteiger charge is 2.40. The van der Waals surface area contributed by atoms with Gasteiger partial charge in [-0.1, -0.05) is 109 Å². The number of ether oxygens (including phenoxy) is 1. The Morgan fingerprint density at radius 1 is 0.635 bits per heavy atom. The third-order valence-electron chi connectivity index (χ3n) is 10.5. The Hall–Kier alpha value is -6.59. The number of para-hydroxylation sites is 5. The van der Waals surface area contributed by atoms with Gasteiger partial charge in [0, 0.05) is 34.5 Å². The predicted molar refractivity (Wildman–Crippen MR) is 212 cm³/mol. The van der Waals surface area contributed by atoms with Gasteiger partial charge in [0.25, 0.3) is 0 Å². The molecule has 0 saturated carbocycles. The van der Waals surface area contributed by atoms with Crippen molar-refractivity contribution in [2.45, 2.75) is 18.8 Å². The van der Waals surface area contributed by atoms with Crippen molar-refractivity contribution < 1.29 is 9.31 Å². The fourth-order valence-electron chi connectivity index (χ4n) is 7.97. The zero-order valence-corrected chi connectivity index (χ0v) is 28.6. The van der Waals surface area contributed by atoms with E-state index in [0.717, 1.165) is 51.7 Å². The van der Waals surface area contributed by atoms with Crippen LogP contribution in [0.2, 0.25) is 0 Å². The number of rotatable bonds is 7. The first kappa shape index (κ1) is 30.3. The Bertz CT molecular complexity index is 2410. The molecule has 4 aliphatic rings. The topological polar surface area (TPSA) is 39.5 Å². The molecular formula is C47H37N4O+. The molecule has 1 aliphatic carbocycles. The molecule has 0 bridgehead atoms. The van der Waals surface area contributed by atoms with Gasteiger partial charge in [-0.25, -0.2) is 0 Å². The fourth-order valence-corrected chi connectivity index (χ4v) is 7.97. The number of allylic oxidation sites excluding steroid dienone is 5. The van der Waals surface area contributed by atoms with Gasteiger partial charge in [0.15, 0.2) is 6.23 Å². The summed E-state index contributed by atoms with van der Waals surface area (Å²) >= 11 is 0. The molecule has 2 N–H and O–H groups in total. The van der Waals surface area contributed by atoms with E-state index >= 15 is 0 Å². The molecule has 10 rings (SSSR count). The SMILES string of the molecule is C1=CC(C2=[N+](c3cc(C4Nc5ccccc5O4)cc(C4Nc5ccccc5N4c4ccccc4)c3)C(c3ccccc3)=C2)CC(c2ccccc2)=C1. The van der Waals surface area contributed by atoms with Crippen LogP contribution in [0, 0.1) is 5.92 Å². The summed E-state index contributed by atoms with van der Waals surface area (Å²) in [6.45, 7) is 0. The average molecular weight is 674 g/mol. The highest BCUT2D eigenvalue weighted by molar-refractivity contribution is 6.07. The number of nitrogens with zero attached hydrogens (tertiary/aromatic N) is 2. The van der Waals surface area contributed by atoms with Crippen LogP contribution in [0.4, 0.5) is 28.4 Å². The maximum atomic E-state index is 6.58. The fraction of sp³-hybridized carbons (Fsp3) is 0.0851. The van der Waals surface area contributed by atoms with Gasteiger partial charge in [0.1, 0.15) is 11.9 Å². The van der Waals surface area contributed by atoms with Gasteiger partial charge < -0.3 is 20.3 Å². The second-order valence-electron chi connectivity index (χ2n) is 13.7. The molecule has 0 saturated heterocycles. The van der Waals surface area contributed by atoms with E-state index < -0.39 is 0 Å². The van der Waals surface area contributed by atoms with Crippen LogP contribution in [0.15, 0.2) is 182 Å². The van der Waals surface area contributed by atoms with E-state index in [-0.39, 0.29) is 18.3 Å². The van der Waals surface area contributed by atoms with E-state index in [1.165, 1.54) is 28.1 Å². The second-order valence-corrected chi connectivity index (χ2v) is 13.7. The van der Waals surface area contributed by atoms with Crippen LogP contribution < -0.4 is 20.3 Å². The Morgan fingerprint density at radius 2 is 1.31 bits per heavy atom. The zero-order chi connectivity index (χ0) is 34.4. The molecule has 3 unspecified atom stereocenters. The van der Waals surface area contributed by atoms with Crippen molar-refractivity contribution in [3.8, 4) is 5.75 Å². The van der Waals surface area contributed by atoms with Crippen LogP contribution in [0.25, 0.3) is 11.3 Å². The van der Waals surface area contributed by atoms with Crippen molar-refractivity contribution in [1.82, 2.24) is 0 Å². The van der Waals surface area contributed by atoms with Crippen LogP contribution >= 0.6 is 0 Å². The lowest BCUT2D eigenvalue weighted by molar-refractivity contribution is -0.345. The number of nitrogens with one attached hydrogen (secondary N) is 2. The lowest BCUT2D eigenvalue weighted by atomic mass is 9.84. The van der Waals surface area contributed by atoms with Gasteiger partial charge in [-0.15, -0.1) is 0 Å². The largest absolute Gasteiger partial charge is 0.464 e. The van der Waals surface area contributed by atoms with Crippen molar-refractivity contribution in [1.29, 1.82) is 0 Å². The van der Waals surface area contributed by atoms with E-state index in [4.69, 9.17) is 4.74 Å². The number of hydrogen-bond acceptors (Lipinski definition) is 4. The molecule has 3 heterocycles. The van der Waals surface area contributed by atoms with Crippen LogP contribution in [0.3, 0.4) is 0 Å². The number of hydrogen-bond donors (Lipinski definition) is 2. The summed E-state index contributed by atoms with van der Waals surface area (Å²) in [5.41, 5.74) is 14.0.